The van der Waals surface area contributed by atoms with E-state index in [1.165, 1.54) is 31.2 Å². The second kappa shape index (κ2) is 8.81. The van der Waals surface area contributed by atoms with Crippen LogP contribution < -0.4 is 0 Å². The molecule has 0 bridgehead atoms. The van der Waals surface area contributed by atoms with Crippen LogP contribution in [0.3, 0.4) is 0 Å². The molecule has 25 heavy (non-hydrogen) atoms. The fourth-order valence-electron chi connectivity index (χ4n) is 4.32. The van der Waals surface area contributed by atoms with Crippen molar-refractivity contribution in [2.45, 2.75) is 58.2 Å². The summed E-state index contributed by atoms with van der Waals surface area (Å²) in [5.74, 6) is 0.332. The minimum Gasteiger partial charge on any atom is -0.336 e. The second-order valence-electron chi connectivity index (χ2n) is 7.87. The molecule has 0 spiro atoms. The minimum atomic E-state index is 0.315. The molecule has 0 radical (unpaired) electrons. The van der Waals surface area contributed by atoms with Gasteiger partial charge in [-0.3, -0.25) is 14.6 Å². The maximum Gasteiger partial charge on any atom is 0.237 e. The number of hydrogen-bond acceptors (Lipinski definition) is 3. The predicted octanol–water partition coefficient (Wildman–Crippen LogP) is 2.98. The standard InChI is InChI=1S/C21H33N3O/c1-18(2)24(20-10-6-7-11-20)21(25)17-23-14-12-22(13-15-23)16-19-8-4-3-5-9-19/h3-5,8-9,18,20H,6-7,10-17H2,1-2H3. The van der Waals surface area contributed by atoms with Gasteiger partial charge in [-0.05, 0) is 32.3 Å². The van der Waals surface area contributed by atoms with E-state index >= 15 is 0 Å². The Balaban J connectivity index is 1.47. The van der Waals surface area contributed by atoms with Gasteiger partial charge in [-0.1, -0.05) is 43.2 Å². The van der Waals surface area contributed by atoms with Gasteiger partial charge in [-0.15, -0.1) is 0 Å². The molecule has 0 aromatic heterocycles. The normalized spacial score (nSPS) is 20.3. The molecule has 3 rings (SSSR count). The molecule has 1 aromatic rings. The van der Waals surface area contributed by atoms with Gasteiger partial charge in [-0.25, -0.2) is 0 Å². The highest BCUT2D eigenvalue weighted by atomic mass is 16.2. The van der Waals surface area contributed by atoms with E-state index in [0.717, 1.165) is 32.7 Å². The lowest BCUT2D eigenvalue weighted by atomic mass is 10.1. The lowest BCUT2D eigenvalue weighted by Gasteiger charge is -2.38. The molecular weight excluding hydrogens is 310 g/mol. The third-order valence-electron chi connectivity index (χ3n) is 5.64. The van der Waals surface area contributed by atoms with Gasteiger partial charge >= 0.3 is 0 Å². The van der Waals surface area contributed by atoms with E-state index in [1.807, 2.05) is 0 Å². The summed E-state index contributed by atoms with van der Waals surface area (Å²) in [6.07, 6.45) is 4.93. The minimum absolute atomic E-state index is 0.315. The summed E-state index contributed by atoms with van der Waals surface area (Å²) in [5.41, 5.74) is 1.37. The molecule has 4 heteroatoms. The molecule has 1 aliphatic heterocycles. The Morgan fingerprint density at radius 3 is 2.24 bits per heavy atom. The van der Waals surface area contributed by atoms with E-state index in [2.05, 4.69) is 58.9 Å². The second-order valence-corrected chi connectivity index (χ2v) is 7.87. The van der Waals surface area contributed by atoms with Crippen molar-refractivity contribution in [3.05, 3.63) is 35.9 Å². The zero-order valence-electron chi connectivity index (χ0n) is 15.9. The maximum atomic E-state index is 12.9. The summed E-state index contributed by atoms with van der Waals surface area (Å²) in [4.78, 5) is 19.9. The van der Waals surface area contributed by atoms with Crippen molar-refractivity contribution in [2.24, 2.45) is 0 Å². The van der Waals surface area contributed by atoms with Crippen molar-refractivity contribution in [1.82, 2.24) is 14.7 Å². The third-order valence-corrected chi connectivity index (χ3v) is 5.64. The average Bonchev–Trinajstić information content (AvgIpc) is 3.11. The Morgan fingerprint density at radius 2 is 1.64 bits per heavy atom. The lowest BCUT2D eigenvalue weighted by Crippen LogP contribution is -2.52. The van der Waals surface area contributed by atoms with Gasteiger partial charge in [0.25, 0.3) is 0 Å². The fraction of sp³-hybridized carbons (Fsp3) is 0.667. The first-order chi connectivity index (χ1) is 12.1. The molecular formula is C21H33N3O. The zero-order valence-corrected chi connectivity index (χ0v) is 15.9. The van der Waals surface area contributed by atoms with Crippen molar-refractivity contribution >= 4 is 5.91 Å². The highest BCUT2D eigenvalue weighted by Gasteiger charge is 2.30. The molecule has 1 heterocycles. The molecule has 2 aliphatic rings. The Bertz CT molecular complexity index is 531. The van der Waals surface area contributed by atoms with E-state index < -0.39 is 0 Å². The molecule has 0 atom stereocenters. The lowest BCUT2D eigenvalue weighted by molar-refractivity contribution is -0.137. The Hall–Kier alpha value is -1.39. The Morgan fingerprint density at radius 1 is 1.04 bits per heavy atom. The van der Waals surface area contributed by atoms with Crippen LogP contribution in [0, 0.1) is 0 Å². The monoisotopic (exact) mass is 343 g/mol. The Labute approximate surface area is 152 Å². The van der Waals surface area contributed by atoms with Crippen molar-refractivity contribution in [1.29, 1.82) is 0 Å². The third kappa shape index (κ3) is 5.05. The molecule has 138 valence electrons. The molecule has 1 aliphatic carbocycles. The quantitative estimate of drug-likeness (QED) is 0.794. The van der Waals surface area contributed by atoms with E-state index in [4.69, 9.17) is 0 Å². The first-order valence-corrected chi connectivity index (χ1v) is 9.93. The van der Waals surface area contributed by atoms with E-state index in [-0.39, 0.29) is 0 Å². The summed E-state index contributed by atoms with van der Waals surface area (Å²) < 4.78 is 0. The zero-order chi connectivity index (χ0) is 17.6. The molecule has 0 unspecified atom stereocenters. The van der Waals surface area contributed by atoms with Crippen LogP contribution in [0.25, 0.3) is 0 Å². The van der Waals surface area contributed by atoms with E-state index in [9.17, 15) is 4.79 Å². The molecule has 4 nitrogen and oxygen atoms in total. The molecule has 1 saturated carbocycles. The van der Waals surface area contributed by atoms with Gasteiger partial charge in [0.1, 0.15) is 0 Å². The van der Waals surface area contributed by atoms with Gasteiger partial charge in [0.2, 0.25) is 5.91 Å². The SMILES string of the molecule is CC(C)N(C(=O)CN1CCN(Cc2ccccc2)CC1)C1CCCC1. The molecule has 1 aromatic carbocycles. The van der Waals surface area contributed by atoms with Crippen molar-refractivity contribution in [3.8, 4) is 0 Å². The summed E-state index contributed by atoms with van der Waals surface area (Å²) in [6.45, 7) is 10.0. The first kappa shape index (κ1) is 18.4. The van der Waals surface area contributed by atoms with Gasteiger partial charge < -0.3 is 4.90 Å². The Kier molecular flexibility index (Phi) is 6.49. The average molecular weight is 344 g/mol. The first-order valence-electron chi connectivity index (χ1n) is 9.93. The smallest absolute Gasteiger partial charge is 0.237 e. The van der Waals surface area contributed by atoms with Crippen LogP contribution in [-0.4, -0.2) is 65.4 Å². The van der Waals surface area contributed by atoms with Gasteiger partial charge in [0.15, 0.2) is 0 Å². The number of hydrogen-bond donors (Lipinski definition) is 0. The molecule has 0 N–H and O–H groups in total. The topological polar surface area (TPSA) is 26.8 Å². The van der Waals surface area contributed by atoms with Gasteiger partial charge in [-0.2, -0.15) is 0 Å². The number of piperazine rings is 1. The number of carbonyl (C=O) groups excluding carboxylic acids is 1. The van der Waals surface area contributed by atoms with Crippen molar-refractivity contribution in [3.63, 3.8) is 0 Å². The summed E-state index contributed by atoms with van der Waals surface area (Å²) >= 11 is 0. The summed E-state index contributed by atoms with van der Waals surface area (Å²) in [6, 6.07) is 11.5. The number of rotatable bonds is 6. The van der Waals surface area contributed by atoms with Crippen LogP contribution >= 0.6 is 0 Å². The number of carbonyl (C=O) groups is 1. The van der Waals surface area contributed by atoms with E-state index in [0.29, 0.717) is 24.5 Å². The summed E-state index contributed by atoms with van der Waals surface area (Å²) in [7, 11) is 0. The highest BCUT2D eigenvalue weighted by molar-refractivity contribution is 5.79. The van der Waals surface area contributed by atoms with Crippen molar-refractivity contribution in [2.75, 3.05) is 32.7 Å². The molecule has 2 fully saturated rings. The van der Waals surface area contributed by atoms with Gasteiger partial charge in [0, 0.05) is 44.8 Å². The van der Waals surface area contributed by atoms with Crippen molar-refractivity contribution < 1.29 is 4.79 Å². The maximum absolute atomic E-state index is 12.9. The summed E-state index contributed by atoms with van der Waals surface area (Å²) in [5, 5.41) is 0. The van der Waals surface area contributed by atoms with Crippen LogP contribution in [0.2, 0.25) is 0 Å². The largest absolute Gasteiger partial charge is 0.336 e. The number of benzene rings is 1. The molecule has 1 saturated heterocycles. The number of amides is 1. The fourth-order valence-corrected chi connectivity index (χ4v) is 4.32. The van der Waals surface area contributed by atoms with Crippen LogP contribution in [-0.2, 0) is 11.3 Å². The molecule has 1 amide bonds. The number of nitrogens with zero attached hydrogens (tertiary/aromatic N) is 3. The van der Waals surface area contributed by atoms with Crippen LogP contribution in [0.5, 0.6) is 0 Å². The van der Waals surface area contributed by atoms with Crippen LogP contribution in [0.1, 0.15) is 45.1 Å². The van der Waals surface area contributed by atoms with E-state index in [1.54, 1.807) is 0 Å². The van der Waals surface area contributed by atoms with Gasteiger partial charge in [0.05, 0.1) is 6.54 Å². The highest BCUT2D eigenvalue weighted by Crippen LogP contribution is 2.25. The predicted molar refractivity (Wildman–Crippen MR) is 102 cm³/mol. The van der Waals surface area contributed by atoms with Crippen LogP contribution in [0.4, 0.5) is 0 Å². The van der Waals surface area contributed by atoms with Crippen LogP contribution in [0.15, 0.2) is 30.3 Å².